The molecule has 1 aliphatic carbocycles. The van der Waals surface area contributed by atoms with Crippen LogP contribution in [0.25, 0.3) is 0 Å². The van der Waals surface area contributed by atoms with Crippen LogP contribution in [0.2, 0.25) is 15.2 Å². The van der Waals surface area contributed by atoms with Gasteiger partial charge in [0.25, 0.3) is 5.91 Å². The summed E-state index contributed by atoms with van der Waals surface area (Å²) in [5.74, 6) is -0.527. The Hall–Kier alpha value is -1.87. The molecule has 2 aromatic heterocycles. The molecule has 0 aromatic carbocycles. The van der Waals surface area contributed by atoms with E-state index in [1.807, 2.05) is 27.7 Å². The molecule has 0 spiro atoms. The fraction of sp³-hybridized carbons (Fsp3) is 0.615. The maximum atomic E-state index is 13.7. The molecular formula is C26H35Cl3N4O4. The third kappa shape index (κ3) is 6.96. The van der Waals surface area contributed by atoms with Crippen molar-refractivity contribution in [2.75, 3.05) is 19.7 Å². The van der Waals surface area contributed by atoms with E-state index in [1.165, 1.54) is 18.6 Å². The number of hydrogen-bond acceptors (Lipinski definition) is 6. The summed E-state index contributed by atoms with van der Waals surface area (Å²) in [5.41, 5.74) is -0.215. The molecule has 8 nitrogen and oxygen atoms in total. The Kier molecular flexibility index (Phi) is 9.54. The second-order valence-corrected chi connectivity index (χ2v) is 12.3. The van der Waals surface area contributed by atoms with Gasteiger partial charge in [0.2, 0.25) is 0 Å². The Labute approximate surface area is 233 Å². The molecule has 0 bridgehead atoms. The highest BCUT2D eigenvalue weighted by atomic mass is 35.5. The lowest BCUT2D eigenvalue weighted by Gasteiger charge is -2.35. The molecule has 1 saturated carbocycles. The molecular weight excluding hydrogens is 539 g/mol. The van der Waals surface area contributed by atoms with Gasteiger partial charge in [-0.25, -0.2) is 0 Å². The number of aliphatic hydroxyl groups excluding tert-OH is 1. The number of nitrogens with zero attached hydrogens (tertiary/aromatic N) is 4. The van der Waals surface area contributed by atoms with Crippen molar-refractivity contribution in [1.29, 1.82) is 0 Å². The van der Waals surface area contributed by atoms with E-state index in [4.69, 9.17) is 39.5 Å². The summed E-state index contributed by atoms with van der Waals surface area (Å²) in [7, 11) is 0. The van der Waals surface area contributed by atoms with E-state index in [1.54, 1.807) is 16.5 Å². The van der Waals surface area contributed by atoms with Crippen LogP contribution in [0.5, 0.6) is 0 Å². The molecule has 204 valence electrons. The number of aliphatic hydroxyl groups is 1. The number of esters is 1. The second kappa shape index (κ2) is 11.9. The van der Waals surface area contributed by atoms with E-state index < -0.39 is 11.5 Å². The Balaban J connectivity index is 1.81. The van der Waals surface area contributed by atoms with E-state index in [9.17, 15) is 14.7 Å². The van der Waals surface area contributed by atoms with Crippen molar-refractivity contribution in [3.63, 3.8) is 0 Å². The topological polar surface area (TPSA) is 97.6 Å². The van der Waals surface area contributed by atoms with Crippen LogP contribution in [0.1, 0.15) is 88.4 Å². The van der Waals surface area contributed by atoms with Crippen molar-refractivity contribution < 1.29 is 19.4 Å². The van der Waals surface area contributed by atoms with Gasteiger partial charge < -0.3 is 14.7 Å². The first kappa shape index (κ1) is 29.7. The van der Waals surface area contributed by atoms with Crippen molar-refractivity contribution in [3.05, 3.63) is 44.9 Å². The van der Waals surface area contributed by atoms with Crippen molar-refractivity contribution in [3.8, 4) is 0 Å². The predicted molar refractivity (Wildman–Crippen MR) is 144 cm³/mol. The zero-order valence-electron chi connectivity index (χ0n) is 21.9. The van der Waals surface area contributed by atoms with Crippen LogP contribution in [-0.4, -0.2) is 56.3 Å². The van der Waals surface area contributed by atoms with Crippen LogP contribution in [0.4, 0.5) is 0 Å². The van der Waals surface area contributed by atoms with Crippen molar-refractivity contribution >= 4 is 46.7 Å². The average Bonchev–Trinajstić information content (AvgIpc) is 3.19. The molecule has 1 aliphatic rings. The van der Waals surface area contributed by atoms with E-state index in [0.717, 1.165) is 0 Å². The molecule has 1 unspecified atom stereocenters. The summed E-state index contributed by atoms with van der Waals surface area (Å²) in [6.45, 7) is 10.4. The molecule has 37 heavy (non-hydrogen) atoms. The lowest BCUT2D eigenvalue weighted by Crippen LogP contribution is -2.40. The van der Waals surface area contributed by atoms with Gasteiger partial charge in [-0.3, -0.25) is 19.3 Å². The summed E-state index contributed by atoms with van der Waals surface area (Å²) in [4.78, 5) is 31.5. The number of carbonyl (C=O) groups excluding carboxylic acids is 2. The number of hydrogen-bond donors (Lipinski definition) is 1. The standard InChI is InChI=1S/C26H35Cl3N4O4/c1-6-37-24(36)26(5)9-7-16(8-10-26)33-22(29)17(11-31-33)23(35)32(15-25(2,3)4)14-20(34)21-18(27)12-30-13-19(21)28/h11-13,16,20,34H,6-10,14-15H2,1-5H3/t16-,20?,26-. The molecule has 1 amide bonds. The van der Waals surface area contributed by atoms with Crippen LogP contribution in [0.15, 0.2) is 18.6 Å². The largest absolute Gasteiger partial charge is 0.466 e. The molecule has 0 radical (unpaired) electrons. The number of rotatable bonds is 8. The third-order valence-electron chi connectivity index (χ3n) is 6.71. The molecule has 11 heteroatoms. The number of aromatic nitrogens is 3. The van der Waals surface area contributed by atoms with Gasteiger partial charge in [0, 0.05) is 24.5 Å². The van der Waals surface area contributed by atoms with Crippen LogP contribution >= 0.6 is 34.8 Å². The quantitative estimate of drug-likeness (QED) is 0.381. The first-order valence-electron chi connectivity index (χ1n) is 12.4. The number of carbonyl (C=O) groups is 2. The molecule has 1 atom stereocenters. The van der Waals surface area contributed by atoms with E-state index in [2.05, 4.69) is 10.1 Å². The van der Waals surface area contributed by atoms with Crippen molar-refractivity contribution in [1.82, 2.24) is 19.7 Å². The van der Waals surface area contributed by atoms with Crippen LogP contribution < -0.4 is 0 Å². The van der Waals surface area contributed by atoms with Gasteiger partial charge in [-0.15, -0.1) is 0 Å². The van der Waals surface area contributed by atoms with Gasteiger partial charge in [0.1, 0.15) is 5.15 Å². The highest BCUT2D eigenvalue weighted by molar-refractivity contribution is 6.35. The molecule has 3 rings (SSSR count). The minimum atomic E-state index is -1.12. The SMILES string of the molecule is CCOC(=O)[C@]1(C)CC[C@@H](n2ncc(C(=O)N(CC(O)c3c(Cl)cncc3Cl)CC(C)(C)C)c2Cl)CC1. The minimum Gasteiger partial charge on any atom is -0.466 e. The van der Waals surface area contributed by atoms with Gasteiger partial charge in [-0.05, 0) is 44.9 Å². The zero-order valence-corrected chi connectivity index (χ0v) is 24.2. The first-order chi connectivity index (χ1) is 17.3. The van der Waals surface area contributed by atoms with E-state index in [0.29, 0.717) is 44.4 Å². The van der Waals surface area contributed by atoms with E-state index in [-0.39, 0.29) is 50.6 Å². The number of amides is 1. The molecule has 0 aliphatic heterocycles. The van der Waals surface area contributed by atoms with Gasteiger partial charge >= 0.3 is 5.97 Å². The lowest BCUT2D eigenvalue weighted by molar-refractivity contribution is -0.156. The van der Waals surface area contributed by atoms with E-state index >= 15 is 0 Å². The minimum absolute atomic E-state index is 0.0346. The Morgan fingerprint density at radius 3 is 2.32 bits per heavy atom. The average molecular weight is 574 g/mol. The predicted octanol–water partition coefficient (Wildman–Crippen LogP) is 6.14. The van der Waals surface area contributed by atoms with Gasteiger partial charge in [0.15, 0.2) is 0 Å². The number of ether oxygens (including phenoxy) is 1. The maximum absolute atomic E-state index is 13.7. The van der Waals surface area contributed by atoms with Crippen LogP contribution in [0, 0.1) is 10.8 Å². The number of pyridine rings is 1. The normalized spacial score (nSPS) is 20.9. The van der Waals surface area contributed by atoms with Gasteiger partial charge in [0.05, 0.1) is 52.5 Å². The Morgan fingerprint density at radius 1 is 1.19 bits per heavy atom. The van der Waals surface area contributed by atoms with Gasteiger partial charge in [-0.2, -0.15) is 5.10 Å². The Bertz CT molecular complexity index is 1100. The lowest BCUT2D eigenvalue weighted by atomic mass is 9.74. The highest BCUT2D eigenvalue weighted by Gasteiger charge is 2.40. The molecule has 0 saturated heterocycles. The summed E-state index contributed by atoms with van der Waals surface area (Å²) >= 11 is 19.2. The third-order valence-corrected chi connectivity index (χ3v) is 7.69. The summed E-state index contributed by atoms with van der Waals surface area (Å²) < 4.78 is 6.92. The summed E-state index contributed by atoms with van der Waals surface area (Å²) in [5, 5.41) is 16.1. The smallest absolute Gasteiger partial charge is 0.311 e. The first-order valence-corrected chi connectivity index (χ1v) is 13.6. The van der Waals surface area contributed by atoms with Gasteiger partial charge in [-0.1, -0.05) is 55.6 Å². The van der Waals surface area contributed by atoms with Crippen molar-refractivity contribution in [2.24, 2.45) is 10.8 Å². The maximum Gasteiger partial charge on any atom is 0.311 e. The van der Waals surface area contributed by atoms with Crippen LogP contribution in [-0.2, 0) is 9.53 Å². The second-order valence-electron chi connectivity index (χ2n) is 11.1. The molecule has 2 heterocycles. The molecule has 1 N–H and O–H groups in total. The van der Waals surface area contributed by atoms with Crippen molar-refractivity contribution in [2.45, 2.75) is 72.4 Å². The molecule has 2 aromatic rings. The zero-order chi connectivity index (χ0) is 27.5. The highest BCUT2D eigenvalue weighted by Crippen LogP contribution is 2.42. The molecule has 1 fully saturated rings. The summed E-state index contributed by atoms with van der Waals surface area (Å²) in [6.07, 6.45) is 5.82. The van der Waals surface area contributed by atoms with Crippen LogP contribution in [0.3, 0.4) is 0 Å². The number of halogens is 3. The fourth-order valence-corrected chi connectivity index (χ4v) is 5.67. The summed E-state index contributed by atoms with van der Waals surface area (Å²) in [6, 6.07) is -0.0346. The Morgan fingerprint density at radius 2 is 1.78 bits per heavy atom. The monoisotopic (exact) mass is 572 g/mol. The fourth-order valence-electron chi connectivity index (χ4n) is 4.74.